The fourth-order valence-electron chi connectivity index (χ4n) is 4.15. The number of rotatable bonds is 5. The van der Waals surface area contributed by atoms with Crippen LogP contribution in [0.15, 0.2) is 88.7 Å². The van der Waals surface area contributed by atoms with E-state index in [-0.39, 0.29) is 30.8 Å². The summed E-state index contributed by atoms with van der Waals surface area (Å²) in [4.78, 5) is 29.3. The maximum atomic E-state index is 14.4. The molecule has 1 unspecified atom stereocenters. The number of nitrogens with zero attached hydrogens (tertiary/aromatic N) is 3. The lowest BCUT2D eigenvalue weighted by Gasteiger charge is -2.34. The monoisotopic (exact) mass is 493 g/mol. The number of benzene rings is 2. The summed E-state index contributed by atoms with van der Waals surface area (Å²) in [6.45, 7) is -0.423. The summed E-state index contributed by atoms with van der Waals surface area (Å²) in [5.41, 5.74) is 1.81. The number of hydrogen-bond donors (Lipinski definition) is 0. The van der Waals surface area contributed by atoms with Gasteiger partial charge in [0.1, 0.15) is 29.0 Å². The van der Waals surface area contributed by atoms with E-state index in [9.17, 15) is 22.4 Å². The van der Waals surface area contributed by atoms with Gasteiger partial charge in [-0.1, -0.05) is 42.5 Å². The van der Waals surface area contributed by atoms with E-state index in [1.54, 1.807) is 42.6 Å². The summed E-state index contributed by atoms with van der Waals surface area (Å²) < 4.78 is 49.0. The fraction of sp³-hybridized carbons (Fsp3) is 0.160. The van der Waals surface area contributed by atoms with Gasteiger partial charge in [-0.2, -0.15) is 4.31 Å². The molecule has 0 aliphatic carbocycles. The van der Waals surface area contributed by atoms with Crippen LogP contribution in [-0.4, -0.2) is 34.1 Å². The van der Waals surface area contributed by atoms with E-state index >= 15 is 0 Å². The normalized spacial score (nSPS) is 16.1. The van der Waals surface area contributed by atoms with Crippen molar-refractivity contribution in [3.63, 3.8) is 0 Å². The van der Waals surface area contributed by atoms with Crippen molar-refractivity contribution >= 4 is 21.6 Å². The average molecular weight is 494 g/mol. The summed E-state index contributed by atoms with van der Waals surface area (Å²) >= 11 is 0. The van der Waals surface area contributed by atoms with Crippen LogP contribution in [-0.2, 0) is 39.1 Å². The van der Waals surface area contributed by atoms with Crippen LogP contribution < -0.4 is 5.56 Å². The molecular formula is C25H20FN3O5S. The molecule has 1 atom stereocenters. The number of carbonyl (C=O) groups excluding carboxylic acids is 1. The Kier molecular flexibility index (Phi) is 5.91. The molecule has 0 radical (unpaired) electrons. The zero-order valence-corrected chi connectivity index (χ0v) is 19.2. The van der Waals surface area contributed by atoms with Gasteiger partial charge < -0.3 is 4.74 Å². The van der Waals surface area contributed by atoms with Gasteiger partial charge in [0.15, 0.2) is 0 Å². The summed E-state index contributed by atoms with van der Waals surface area (Å²) in [5.74, 6) is -1.71. The van der Waals surface area contributed by atoms with Crippen molar-refractivity contribution in [2.75, 3.05) is 0 Å². The minimum Gasteiger partial charge on any atom is -0.458 e. The van der Waals surface area contributed by atoms with Gasteiger partial charge in [0.25, 0.3) is 5.56 Å². The predicted molar refractivity (Wildman–Crippen MR) is 124 cm³/mol. The van der Waals surface area contributed by atoms with Gasteiger partial charge >= 0.3 is 5.97 Å². The second-order valence-electron chi connectivity index (χ2n) is 8.09. The molecule has 10 heteroatoms. The highest BCUT2D eigenvalue weighted by molar-refractivity contribution is 7.89. The third-order valence-electron chi connectivity index (χ3n) is 5.89. The Hall–Kier alpha value is -3.89. The van der Waals surface area contributed by atoms with Crippen molar-refractivity contribution in [1.29, 1.82) is 0 Å². The highest BCUT2D eigenvalue weighted by atomic mass is 32.2. The van der Waals surface area contributed by atoms with Crippen molar-refractivity contribution in [2.24, 2.45) is 0 Å². The van der Waals surface area contributed by atoms with Crippen molar-refractivity contribution in [3.05, 3.63) is 112 Å². The molecule has 5 rings (SSSR count). The predicted octanol–water partition coefficient (Wildman–Crippen LogP) is 2.69. The van der Waals surface area contributed by atoms with E-state index in [2.05, 4.69) is 4.98 Å². The molecule has 35 heavy (non-hydrogen) atoms. The first-order valence-electron chi connectivity index (χ1n) is 10.8. The van der Waals surface area contributed by atoms with Crippen LogP contribution in [0.25, 0.3) is 5.65 Å². The molecule has 0 N–H and O–H groups in total. The van der Waals surface area contributed by atoms with Crippen LogP contribution in [0.3, 0.4) is 0 Å². The van der Waals surface area contributed by atoms with Gasteiger partial charge in [-0.3, -0.25) is 14.0 Å². The molecule has 1 aliphatic rings. The zero-order chi connectivity index (χ0) is 24.6. The topological polar surface area (TPSA) is 98.1 Å². The first-order chi connectivity index (χ1) is 16.8. The molecule has 0 fully saturated rings. The van der Waals surface area contributed by atoms with Crippen molar-refractivity contribution in [3.8, 4) is 0 Å². The maximum Gasteiger partial charge on any atom is 0.325 e. The number of hydrogen-bond acceptors (Lipinski definition) is 6. The highest BCUT2D eigenvalue weighted by Gasteiger charge is 2.41. The molecule has 2 aromatic carbocycles. The Morgan fingerprint density at radius 3 is 2.54 bits per heavy atom. The fourth-order valence-corrected chi connectivity index (χ4v) is 5.77. The number of fused-ring (bicyclic) bond motifs is 2. The number of aromatic nitrogens is 2. The third kappa shape index (κ3) is 4.33. The average Bonchev–Trinajstić information content (AvgIpc) is 2.86. The molecule has 4 aromatic rings. The Morgan fingerprint density at radius 2 is 1.74 bits per heavy atom. The summed E-state index contributed by atoms with van der Waals surface area (Å²) in [6.07, 6.45) is 1.64. The van der Waals surface area contributed by atoms with E-state index < -0.39 is 32.7 Å². The van der Waals surface area contributed by atoms with Crippen LogP contribution in [0.4, 0.5) is 4.39 Å². The Morgan fingerprint density at radius 1 is 1.03 bits per heavy atom. The molecule has 178 valence electrons. The highest BCUT2D eigenvalue weighted by Crippen LogP contribution is 2.30. The molecule has 2 aromatic heterocycles. The lowest BCUT2D eigenvalue weighted by atomic mass is 9.96. The Bertz CT molecular complexity index is 1600. The Labute approximate surface area is 200 Å². The lowest BCUT2D eigenvalue weighted by molar-refractivity contribution is -0.150. The minimum absolute atomic E-state index is 0.0660. The molecular weight excluding hydrogens is 473 g/mol. The second-order valence-corrected chi connectivity index (χ2v) is 9.95. The van der Waals surface area contributed by atoms with E-state index in [1.165, 1.54) is 28.7 Å². The summed E-state index contributed by atoms with van der Waals surface area (Å²) in [5, 5.41) is 0. The standard InChI is InChI=1S/C25H20FN3O5S/c26-20-9-3-4-10-22(20)35(32,33)29-15-18-8-2-1-7-17(18)13-21(29)25(31)34-16-19-14-24(30)28-12-6-5-11-23(28)27-19/h1-12,14,21H,13,15-16H2. The van der Waals surface area contributed by atoms with Crippen molar-refractivity contribution in [2.45, 2.75) is 30.5 Å². The molecule has 0 spiro atoms. The van der Waals surface area contributed by atoms with Gasteiger partial charge in [0.2, 0.25) is 10.0 Å². The molecule has 0 saturated carbocycles. The molecule has 0 amide bonds. The van der Waals surface area contributed by atoms with Gasteiger partial charge in [-0.15, -0.1) is 0 Å². The first kappa shape index (κ1) is 22.9. The minimum atomic E-state index is -4.36. The summed E-state index contributed by atoms with van der Waals surface area (Å²) in [6, 6.07) is 17.3. The molecule has 0 bridgehead atoms. The quantitative estimate of drug-likeness (QED) is 0.397. The van der Waals surface area contributed by atoms with Crippen LogP contribution >= 0.6 is 0 Å². The van der Waals surface area contributed by atoms with Crippen LogP contribution in [0.2, 0.25) is 0 Å². The van der Waals surface area contributed by atoms with Gasteiger partial charge in [-0.05, 0) is 35.4 Å². The number of esters is 1. The molecule has 0 saturated heterocycles. The van der Waals surface area contributed by atoms with Gasteiger partial charge in [-0.25, -0.2) is 17.8 Å². The lowest BCUT2D eigenvalue weighted by Crippen LogP contribution is -2.49. The first-order valence-corrected chi connectivity index (χ1v) is 12.3. The smallest absolute Gasteiger partial charge is 0.325 e. The van der Waals surface area contributed by atoms with Crippen LogP contribution in [0.5, 0.6) is 0 Å². The van der Waals surface area contributed by atoms with E-state index in [4.69, 9.17) is 4.74 Å². The molecule has 3 heterocycles. The second kappa shape index (κ2) is 9.05. The number of carbonyl (C=O) groups is 1. The number of ether oxygens (including phenoxy) is 1. The van der Waals surface area contributed by atoms with E-state index in [0.29, 0.717) is 5.65 Å². The SMILES string of the molecule is O=C(OCc1cc(=O)n2ccccc2n1)C1Cc2ccccc2CN1S(=O)(=O)c1ccccc1F. The van der Waals surface area contributed by atoms with Crippen LogP contribution in [0, 0.1) is 5.82 Å². The van der Waals surface area contributed by atoms with Gasteiger partial charge in [0.05, 0.1) is 5.69 Å². The molecule has 8 nitrogen and oxygen atoms in total. The van der Waals surface area contributed by atoms with E-state index in [1.807, 2.05) is 6.07 Å². The number of sulfonamides is 1. The van der Waals surface area contributed by atoms with Crippen molar-refractivity contribution in [1.82, 2.24) is 13.7 Å². The largest absolute Gasteiger partial charge is 0.458 e. The number of pyridine rings is 1. The Balaban J connectivity index is 1.45. The zero-order valence-electron chi connectivity index (χ0n) is 18.4. The van der Waals surface area contributed by atoms with Crippen molar-refractivity contribution < 1.29 is 22.3 Å². The maximum absolute atomic E-state index is 14.4. The third-order valence-corrected chi connectivity index (χ3v) is 7.78. The van der Waals surface area contributed by atoms with E-state index in [0.717, 1.165) is 21.5 Å². The van der Waals surface area contributed by atoms with Gasteiger partial charge in [0, 0.05) is 25.2 Å². The van der Waals surface area contributed by atoms with Crippen LogP contribution in [0.1, 0.15) is 16.8 Å². The number of halogens is 1. The molecule has 1 aliphatic heterocycles. The summed E-state index contributed by atoms with van der Waals surface area (Å²) in [7, 11) is -4.36.